The lowest BCUT2D eigenvalue weighted by Crippen LogP contribution is -2.46. The molecule has 0 saturated carbocycles. The Labute approximate surface area is 211 Å². The van der Waals surface area contributed by atoms with Crippen molar-refractivity contribution in [3.05, 3.63) is 59.2 Å². The van der Waals surface area contributed by atoms with E-state index in [-0.39, 0.29) is 35.9 Å². The number of ether oxygens (including phenoxy) is 1. The van der Waals surface area contributed by atoms with Gasteiger partial charge in [-0.25, -0.2) is 15.2 Å². The minimum atomic E-state index is -0.298. The van der Waals surface area contributed by atoms with Gasteiger partial charge in [0.15, 0.2) is 0 Å². The minimum Gasteiger partial charge on any atom is -0.450 e. The highest BCUT2D eigenvalue weighted by Gasteiger charge is 2.44. The van der Waals surface area contributed by atoms with Crippen molar-refractivity contribution in [2.45, 2.75) is 45.2 Å². The van der Waals surface area contributed by atoms with Crippen molar-refractivity contribution in [2.24, 2.45) is 5.92 Å². The molecule has 0 radical (unpaired) electrons. The van der Waals surface area contributed by atoms with Crippen LogP contribution in [0.1, 0.15) is 54.2 Å². The number of carbonyl (C=O) groups is 3. The van der Waals surface area contributed by atoms with E-state index < -0.39 is 0 Å². The molecule has 2 saturated heterocycles. The van der Waals surface area contributed by atoms with Gasteiger partial charge in [-0.3, -0.25) is 9.59 Å². The van der Waals surface area contributed by atoms with Crippen LogP contribution in [0.3, 0.4) is 0 Å². The summed E-state index contributed by atoms with van der Waals surface area (Å²) >= 11 is 0. The molecule has 2 aromatic carbocycles. The Bertz CT molecular complexity index is 1140. The molecule has 9 heteroatoms. The summed E-state index contributed by atoms with van der Waals surface area (Å²) in [6.07, 6.45) is 2.01. The second-order valence-electron chi connectivity index (χ2n) is 9.52. The summed E-state index contributed by atoms with van der Waals surface area (Å²) in [5.74, 6) is -0.384. The number of anilines is 2. The monoisotopic (exact) mass is 491 g/mol. The van der Waals surface area contributed by atoms with Crippen LogP contribution in [-0.2, 0) is 16.0 Å². The fourth-order valence-electron chi connectivity index (χ4n) is 5.21. The first-order valence-corrected chi connectivity index (χ1v) is 12.8. The minimum absolute atomic E-state index is 0.00199. The number of piperidine rings is 1. The zero-order valence-corrected chi connectivity index (χ0v) is 20.8. The van der Waals surface area contributed by atoms with E-state index in [4.69, 9.17) is 4.74 Å². The Hall–Kier alpha value is -3.59. The fourth-order valence-corrected chi connectivity index (χ4v) is 5.21. The van der Waals surface area contributed by atoms with E-state index in [1.807, 2.05) is 42.5 Å². The maximum Gasteiger partial charge on any atom is 0.409 e. The first-order chi connectivity index (χ1) is 17.5. The molecule has 9 nitrogen and oxygen atoms in total. The Morgan fingerprint density at radius 3 is 2.53 bits per heavy atom. The topological polar surface area (TPSA) is 103 Å². The van der Waals surface area contributed by atoms with Crippen LogP contribution in [0.4, 0.5) is 16.2 Å². The van der Waals surface area contributed by atoms with Crippen LogP contribution in [0.15, 0.2) is 42.5 Å². The van der Waals surface area contributed by atoms with Crippen molar-refractivity contribution in [3.63, 3.8) is 0 Å². The van der Waals surface area contributed by atoms with Crippen LogP contribution < -0.4 is 21.1 Å². The van der Waals surface area contributed by atoms with Gasteiger partial charge in [0.2, 0.25) is 5.91 Å². The summed E-state index contributed by atoms with van der Waals surface area (Å²) in [7, 11) is 0. The number of hydrogen-bond acceptors (Lipinski definition) is 6. The molecule has 190 valence electrons. The SMILES string of the molecule is CCOC(=O)N1CCC(NC(=O)c2ccc3c(c2)C2NN(c4ccc(CC)cc4)C(=O)C2CN3)CC1. The number of rotatable bonds is 5. The Kier molecular flexibility index (Phi) is 6.82. The van der Waals surface area contributed by atoms with E-state index in [1.54, 1.807) is 16.8 Å². The lowest BCUT2D eigenvalue weighted by Gasteiger charge is -2.32. The second-order valence-corrected chi connectivity index (χ2v) is 9.52. The third-order valence-electron chi connectivity index (χ3n) is 7.33. The van der Waals surface area contributed by atoms with Gasteiger partial charge in [0.05, 0.1) is 24.3 Å². The van der Waals surface area contributed by atoms with E-state index >= 15 is 0 Å². The molecule has 3 N–H and O–H groups in total. The summed E-state index contributed by atoms with van der Waals surface area (Å²) in [5.41, 5.74) is 7.83. The molecule has 0 spiro atoms. The highest BCUT2D eigenvalue weighted by atomic mass is 16.6. The second kappa shape index (κ2) is 10.2. The first kappa shape index (κ1) is 24.1. The molecular weight excluding hydrogens is 458 g/mol. The Morgan fingerprint density at radius 2 is 1.83 bits per heavy atom. The van der Waals surface area contributed by atoms with Gasteiger partial charge in [-0.2, -0.15) is 0 Å². The molecule has 3 aliphatic heterocycles. The number of aryl methyl sites for hydroxylation is 1. The molecule has 2 atom stereocenters. The number of hydrazine groups is 1. The number of hydrogen-bond donors (Lipinski definition) is 3. The molecule has 0 aliphatic carbocycles. The molecular formula is C27H33N5O4. The number of likely N-dealkylation sites (tertiary alicyclic amines) is 1. The largest absolute Gasteiger partial charge is 0.450 e. The molecule has 2 unspecified atom stereocenters. The number of nitrogens with one attached hydrogen (secondary N) is 3. The van der Waals surface area contributed by atoms with Crippen molar-refractivity contribution in [2.75, 3.05) is 36.6 Å². The van der Waals surface area contributed by atoms with Gasteiger partial charge in [0, 0.05) is 36.9 Å². The summed E-state index contributed by atoms with van der Waals surface area (Å²) < 4.78 is 5.07. The lowest BCUT2D eigenvalue weighted by atomic mass is 9.88. The maximum atomic E-state index is 13.2. The zero-order chi connectivity index (χ0) is 25.2. The smallest absolute Gasteiger partial charge is 0.409 e. The van der Waals surface area contributed by atoms with Gasteiger partial charge < -0.3 is 20.3 Å². The van der Waals surface area contributed by atoms with E-state index in [9.17, 15) is 14.4 Å². The Balaban J connectivity index is 1.27. The number of nitrogens with zero attached hydrogens (tertiary/aromatic N) is 2. The van der Waals surface area contributed by atoms with Crippen molar-refractivity contribution in [1.82, 2.24) is 15.6 Å². The molecule has 3 heterocycles. The molecule has 5 rings (SSSR count). The van der Waals surface area contributed by atoms with Crippen LogP contribution in [0.5, 0.6) is 0 Å². The quantitative estimate of drug-likeness (QED) is 0.594. The molecule has 3 amide bonds. The van der Waals surface area contributed by atoms with E-state index in [0.717, 1.165) is 23.4 Å². The van der Waals surface area contributed by atoms with Gasteiger partial charge in [0.1, 0.15) is 0 Å². The molecule has 0 aromatic heterocycles. The van der Waals surface area contributed by atoms with Gasteiger partial charge in [-0.05, 0) is 67.6 Å². The number of benzene rings is 2. The average molecular weight is 492 g/mol. The van der Waals surface area contributed by atoms with Gasteiger partial charge >= 0.3 is 6.09 Å². The third kappa shape index (κ3) is 4.63. The zero-order valence-electron chi connectivity index (χ0n) is 20.8. The van der Waals surface area contributed by atoms with Crippen molar-refractivity contribution in [3.8, 4) is 0 Å². The molecule has 2 aromatic rings. The summed E-state index contributed by atoms with van der Waals surface area (Å²) in [4.78, 5) is 39.9. The third-order valence-corrected chi connectivity index (χ3v) is 7.33. The molecule has 36 heavy (non-hydrogen) atoms. The van der Waals surface area contributed by atoms with Crippen LogP contribution >= 0.6 is 0 Å². The number of fused-ring (bicyclic) bond motifs is 3. The van der Waals surface area contributed by atoms with Crippen LogP contribution in [0.25, 0.3) is 0 Å². The normalized spacial score (nSPS) is 21.4. The Morgan fingerprint density at radius 1 is 1.08 bits per heavy atom. The van der Waals surface area contributed by atoms with Crippen molar-refractivity contribution >= 4 is 29.3 Å². The van der Waals surface area contributed by atoms with Gasteiger partial charge in [-0.15, -0.1) is 0 Å². The standard InChI is InChI=1S/C27H33N5O4/c1-3-17-5-8-20(9-6-17)32-26(34)22-16-28-23-10-7-18(15-21(23)24(22)30-32)25(33)29-19-11-13-31(14-12-19)27(35)36-4-2/h5-10,15,19,22,24,28,30H,3-4,11-14,16H2,1-2H3,(H,29,33). The van der Waals surface area contributed by atoms with Crippen LogP contribution in [0.2, 0.25) is 0 Å². The molecule has 0 bridgehead atoms. The lowest BCUT2D eigenvalue weighted by molar-refractivity contribution is -0.120. The maximum absolute atomic E-state index is 13.2. The molecule has 3 aliphatic rings. The first-order valence-electron chi connectivity index (χ1n) is 12.8. The van der Waals surface area contributed by atoms with Crippen molar-refractivity contribution in [1.29, 1.82) is 0 Å². The molecule has 2 fully saturated rings. The van der Waals surface area contributed by atoms with Gasteiger partial charge in [0.25, 0.3) is 5.91 Å². The highest BCUT2D eigenvalue weighted by molar-refractivity contribution is 5.99. The van der Waals surface area contributed by atoms with Crippen LogP contribution in [0, 0.1) is 5.92 Å². The van der Waals surface area contributed by atoms with Gasteiger partial charge in [-0.1, -0.05) is 19.1 Å². The average Bonchev–Trinajstić information content (AvgIpc) is 3.25. The fraction of sp³-hybridized carbons (Fsp3) is 0.444. The highest BCUT2D eigenvalue weighted by Crippen LogP contribution is 2.40. The summed E-state index contributed by atoms with van der Waals surface area (Å²) in [6, 6.07) is 13.4. The summed E-state index contributed by atoms with van der Waals surface area (Å²) in [6.45, 7) is 5.90. The number of amides is 3. The van der Waals surface area contributed by atoms with Crippen molar-refractivity contribution < 1.29 is 19.1 Å². The predicted octanol–water partition coefficient (Wildman–Crippen LogP) is 3.23. The van der Waals surface area contributed by atoms with Crippen LogP contribution in [-0.4, -0.2) is 55.1 Å². The predicted molar refractivity (Wildman–Crippen MR) is 137 cm³/mol. The number of carbonyl (C=O) groups excluding carboxylic acids is 3. The van der Waals surface area contributed by atoms with E-state index in [1.165, 1.54) is 5.56 Å². The van der Waals surface area contributed by atoms with E-state index in [2.05, 4.69) is 23.0 Å². The summed E-state index contributed by atoms with van der Waals surface area (Å²) in [5, 5.41) is 8.11. The van der Waals surface area contributed by atoms with E-state index in [0.29, 0.717) is 44.6 Å².